The normalized spacial score (nSPS) is 9.50. The van der Waals surface area contributed by atoms with Crippen LogP contribution in [0.1, 0.15) is 12.6 Å². The minimum Gasteiger partial charge on any atom is -0.359 e. The van der Waals surface area contributed by atoms with E-state index in [1.54, 1.807) is 6.20 Å². The summed E-state index contributed by atoms with van der Waals surface area (Å²) in [5.41, 5.74) is 0.724. The molecule has 1 N–H and O–H groups in total. The van der Waals surface area contributed by atoms with Gasteiger partial charge in [-0.2, -0.15) is 0 Å². The van der Waals surface area contributed by atoms with Crippen LogP contribution in [0, 0.1) is 5.41 Å². The number of nitrogens with one attached hydrogen (secondary N) is 1. The van der Waals surface area contributed by atoms with Gasteiger partial charge in [-0.3, -0.25) is 10.4 Å². The molecule has 0 saturated carbocycles. The quantitative estimate of drug-likeness (QED) is 0.528. The molecule has 0 aromatic carbocycles. The van der Waals surface area contributed by atoms with Crippen LogP contribution >= 0.6 is 0 Å². The molecule has 0 amide bonds. The van der Waals surface area contributed by atoms with Gasteiger partial charge in [-0.05, 0) is 19.1 Å². The molecule has 1 rings (SSSR count). The number of rotatable bonds is 2. The largest absolute Gasteiger partial charge is 0.359 e. The zero-order chi connectivity index (χ0) is 8.97. The molecule has 0 aliphatic carbocycles. The van der Waals surface area contributed by atoms with Crippen LogP contribution in [0.3, 0.4) is 0 Å². The number of pyridine rings is 1. The lowest BCUT2D eigenvalue weighted by molar-refractivity contribution is 0.531. The standard InChI is InChI=1S/C9H13N3/c1-3-12(2)9(10)8-6-4-5-7-11-8/h4-7,10H,3H2,1-2H3. The van der Waals surface area contributed by atoms with Gasteiger partial charge in [0.1, 0.15) is 11.5 Å². The second kappa shape index (κ2) is 3.85. The minimum atomic E-state index is 0.470. The average Bonchev–Trinajstić information content (AvgIpc) is 2.17. The van der Waals surface area contributed by atoms with E-state index in [-0.39, 0.29) is 0 Å². The lowest BCUT2D eigenvalue weighted by Crippen LogP contribution is -2.26. The van der Waals surface area contributed by atoms with Gasteiger partial charge in [0.2, 0.25) is 0 Å². The van der Waals surface area contributed by atoms with E-state index in [1.165, 1.54) is 0 Å². The number of nitrogens with zero attached hydrogens (tertiary/aromatic N) is 2. The highest BCUT2D eigenvalue weighted by atomic mass is 15.1. The highest BCUT2D eigenvalue weighted by molar-refractivity contribution is 5.94. The van der Waals surface area contributed by atoms with Crippen molar-refractivity contribution < 1.29 is 0 Å². The minimum absolute atomic E-state index is 0.470. The van der Waals surface area contributed by atoms with Crippen LogP contribution in [0.4, 0.5) is 0 Å². The molecule has 0 atom stereocenters. The third-order valence-corrected chi connectivity index (χ3v) is 1.76. The Morgan fingerprint density at radius 3 is 2.83 bits per heavy atom. The summed E-state index contributed by atoms with van der Waals surface area (Å²) in [5.74, 6) is 0.470. The van der Waals surface area contributed by atoms with Crippen LogP contribution in [0.2, 0.25) is 0 Å². The first-order valence-electron chi connectivity index (χ1n) is 3.96. The fraction of sp³-hybridized carbons (Fsp3) is 0.333. The second-order valence-corrected chi connectivity index (χ2v) is 2.58. The van der Waals surface area contributed by atoms with E-state index in [4.69, 9.17) is 5.41 Å². The SMILES string of the molecule is CCN(C)C(=N)c1ccccn1. The molecule has 1 aromatic rings. The highest BCUT2D eigenvalue weighted by Gasteiger charge is 2.04. The molecule has 0 aliphatic rings. The van der Waals surface area contributed by atoms with Crippen molar-refractivity contribution in [2.24, 2.45) is 0 Å². The van der Waals surface area contributed by atoms with Gasteiger partial charge in [-0.1, -0.05) is 6.07 Å². The number of aromatic nitrogens is 1. The first-order valence-corrected chi connectivity index (χ1v) is 3.96. The third kappa shape index (κ3) is 1.81. The summed E-state index contributed by atoms with van der Waals surface area (Å²) in [6, 6.07) is 5.58. The van der Waals surface area contributed by atoms with E-state index in [2.05, 4.69) is 4.98 Å². The van der Waals surface area contributed by atoms with Gasteiger partial charge in [0.15, 0.2) is 0 Å². The predicted molar refractivity (Wildman–Crippen MR) is 49.4 cm³/mol. The Morgan fingerprint density at radius 2 is 2.33 bits per heavy atom. The Balaban J connectivity index is 2.79. The molecule has 1 aromatic heterocycles. The Hall–Kier alpha value is -1.38. The highest BCUT2D eigenvalue weighted by Crippen LogP contribution is 1.97. The maximum atomic E-state index is 7.70. The van der Waals surface area contributed by atoms with Gasteiger partial charge in [0, 0.05) is 19.8 Å². The summed E-state index contributed by atoms with van der Waals surface area (Å²) < 4.78 is 0. The van der Waals surface area contributed by atoms with Crippen LogP contribution in [0.15, 0.2) is 24.4 Å². The first-order chi connectivity index (χ1) is 5.75. The summed E-state index contributed by atoms with van der Waals surface area (Å²) in [7, 11) is 1.89. The zero-order valence-corrected chi connectivity index (χ0v) is 7.41. The lowest BCUT2D eigenvalue weighted by Gasteiger charge is -2.16. The molecule has 0 bridgehead atoms. The van der Waals surface area contributed by atoms with Crippen LogP contribution < -0.4 is 0 Å². The van der Waals surface area contributed by atoms with E-state index < -0.39 is 0 Å². The summed E-state index contributed by atoms with van der Waals surface area (Å²) in [6.45, 7) is 2.84. The third-order valence-electron chi connectivity index (χ3n) is 1.76. The van der Waals surface area contributed by atoms with E-state index >= 15 is 0 Å². The monoisotopic (exact) mass is 163 g/mol. The molecule has 12 heavy (non-hydrogen) atoms. The smallest absolute Gasteiger partial charge is 0.146 e. The molecule has 0 unspecified atom stereocenters. The Labute approximate surface area is 72.6 Å². The molecule has 0 radical (unpaired) electrons. The zero-order valence-electron chi connectivity index (χ0n) is 7.41. The van der Waals surface area contributed by atoms with Gasteiger partial charge >= 0.3 is 0 Å². The number of hydrogen-bond acceptors (Lipinski definition) is 2. The van der Waals surface area contributed by atoms with Crippen LogP contribution in [-0.2, 0) is 0 Å². The summed E-state index contributed by atoms with van der Waals surface area (Å²) >= 11 is 0. The summed E-state index contributed by atoms with van der Waals surface area (Å²) in [6.07, 6.45) is 1.70. The molecular weight excluding hydrogens is 150 g/mol. The van der Waals surface area contributed by atoms with E-state index in [0.717, 1.165) is 12.2 Å². The van der Waals surface area contributed by atoms with Gasteiger partial charge < -0.3 is 4.90 Å². The molecule has 0 fully saturated rings. The van der Waals surface area contributed by atoms with Crippen LogP contribution in [0.5, 0.6) is 0 Å². The molecule has 0 spiro atoms. The number of hydrogen-bond donors (Lipinski definition) is 1. The second-order valence-electron chi connectivity index (χ2n) is 2.58. The number of amidine groups is 1. The van der Waals surface area contributed by atoms with Gasteiger partial charge in [0.25, 0.3) is 0 Å². The fourth-order valence-electron chi connectivity index (χ4n) is 0.856. The van der Waals surface area contributed by atoms with E-state index in [9.17, 15) is 0 Å². The van der Waals surface area contributed by atoms with Crippen molar-refractivity contribution in [3.8, 4) is 0 Å². The average molecular weight is 163 g/mol. The van der Waals surface area contributed by atoms with Gasteiger partial charge in [-0.15, -0.1) is 0 Å². The molecular formula is C9H13N3. The fourth-order valence-corrected chi connectivity index (χ4v) is 0.856. The Morgan fingerprint density at radius 1 is 1.58 bits per heavy atom. The van der Waals surface area contributed by atoms with Crippen molar-refractivity contribution >= 4 is 5.84 Å². The van der Waals surface area contributed by atoms with E-state index in [0.29, 0.717) is 5.84 Å². The molecule has 0 aliphatic heterocycles. The molecule has 1 heterocycles. The summed E-state index contributed by atoms with van der Waals surface area (Å²) in [5, 5.41) is 7.70. The first kappa shape index (κ1) is 8.71. The Bertz CT molecular complexity index is 256. The molecule has 0 saturated heterocycles. The molecule has 3 heteroatoms. The van der Waals surface area contributed by atoms with Gasteiger partial charge in [-0.25, -0.2) is 0 Å². The van der Waals surface area contributed by atoms with Gasteiger partial charge in [0.05, 0.1) is 0 Å². The van der Waals surface area contributed by atoms with Crippen molar-refractivity contribution in [1.29, 1.82) is 5.41 Å². The van der Waals surface area contributed by atoms with E-state index in [1.807, 2.05) is 37.1 Å². The Kier molecular flexibility index (Phi) is 2.80. The predicted octanol–water partition coefficient (Wildman–Crippen LogP) is 1.36. The van der Waals surface area contributed by atoms with Crippen molar-refractivity contribution in [2.75, 3.05) is 13.6 Å². The van der Waals surface area contributed by atoms with Crippen molar-refractivity contribution in [1.82, 2.24) is 9.88 Å². The van der Waals surface area contributed by atoms with Crippen molar-refractivity contribution in [3.63, 3.8) is 0 Å². The lowest BCUT2D eigenvalue weighted by atomic mass is 10.3. The van der Waals surface area contributed by atoms with Crippen LogP contribution in [-0.4, -0.2) is 29.3 Å². The maximum Gasteiger partial charge on any atom is 0.146 e. The van der Waals surface area contributed by atoms with Crippen molar-refractivity contribution in [3.05, 3.63) is 30.1 Å². The van der Waals surface area contributed by atoms with Crippen LogP contribution in [0.25, 0.3) is 0 Å². The van der Waals surface area contributed by atoms with Crippen molar-refractivity contribution in [2.45, 2.75) is 6.92 Å². The topological polar surface area (TPSA) is 40.0 Å². The maximum absolute atomic E-state index is 7.70. The summed E-state index contributed by atoms with van der Waals surface area (Å²) in [4.78, 5) is 5.93. The molecule has 64 valence electrons. The molecule has 3 nitrogen and oxygen atoms in total.